The Labute approximate surface area is 208 Å². The molecule has 1 unspecified atom stereocenters. The van der Waals surface area contributed by atoms with Gasteiger partial charge in [-0.2, -0.15) is 0 Å². The standard InChI is InChI=1S/C27H27FN6O2/c1-33(2)15-18-10-16(23-4-3-9-36-23)11-24(31-18)32-21-6-5-19(20-13-30-27(35)26(20)21)22-14-29-25-12-17(28)7-8-34(22)25/h5-8,10-12,14,23H,3-4,9,13,15H2,1-2H3,(H,30,35)(H,31,32). The van der Waals surface area contributed by atoms with Crippen molar-refractivity contribution < 1.29 is 13.9 Å². The first-order chi connectivity index (χ1) is 17.5. The Morgan fingerprint density at radius 2 is 2.14 bits per heavy atom. The third kappa shape index (κ3) is 4.10. The molecule has 1 aromatic carbocycles. The van der Waals surface area contributed by atoms with Crippen LogP contribution in [0.15, 0.2) is 48.8 Å². The average molecular weight is 487 g/mol. The fourth-order valence-electron chi connectivity index (χ4n) is 5.09. The molecule has 0 aliphatic carbocycles. The summed E-state index contributed by atoms with van der Waals surface area (Å²) in [6, 6.07) is 10.8. The molecule has 2 N–H and O–H groups in total. The number of aromatic nitrogens is 3. The normalized spacial score (nSPS) is 17.1. The summed E-state index contributed by atoms with van der Waals surface area (Å²) in [5.41, 5.74) is 6.38. The lowest BCUT2D eigenvalue weighted by molar-refractivity contribution is 0.0966. The van der Waals surface area contributed by atoms with Crippen molar-refractivity contribution in [2.45, 2.75) is 32.0 Å². The van der Waals surface area contributed by atoms with Crippen molar-refractivity contribution in [1.82, 2.24) is 24.6 Å². The van der Waals surface area contributed by atoms with Crippen molar-refractivity contribution in [3.8, 4) is 11.3 Å². The van der Waals surface area contributed by atoms with Gasteiger partial charge >= 0.3 is 0 Å². The lowest BCUT2D eigenvalue weighted by atomic mass is 9.99. The zero-order valence-corrected chi connectivity index (χ0v) is 20.2. The zero-order chi connectivity index (χ0) is 24.8. The van der Waals surface area contributed by atoms with Crippen LogP contribution in [0.25, 0.3) is 16.9 Å². The van der Waals surface area contributed by atoms with Crippen LogP contribution in [-0.2, 0) is 17.8 Å². The summed E-state index contributed by atoms with van der Waals surface area (Å²) in [4.78, 5) is 24.2. The van der Waals surface area contributed by atoms with Gasteiger partial charge in [-0.25, -0.2) is 14.4 Å². The highest BCUT2D eigenvalue weighted by Crippen LogP contribution is 2.36. The number of pyridine rings is 2. The molecular weight excluding hydrogens is 459 g/mol. The SMILES string of the molecule is CN(C)Cc1cc(C2CCCO2)cc(Nc2ccc(-c3cnc4cc(F)ccn34)c3c2C(=O)NC3)n1. The van der Waals surface area contributed by atoms with Crippen LogP contribution in [0.3, 0.4) is 0 Å². The van der Waals surface area contributed by atoms with E-state index in [0.717, 1.165) is 47.5 Å². The maximum Gasteiger partial charge on any atom is 0.254 e. The first-order valence-corrected chi connectivity index (χ1v) is 12.1. The van der Waals surface area contributed by atoms with E-state index in [1.54, 1.807) is 12.4 Å². The van der Waals surface area contributed by atoms with Crippen LogP contribution < -0.4 is 10.6 Å². The summed E-state index contributed by atoms with van der Waals surface area (Å²) < 4.78 is 21.4. The van der Waals surface area contributed by atoms with Crippen molar-refractivity contribution in [2.75, 3.05) is 26.0 Å². The van der Waals surface area contributed by atoms with Crippen LogP contribution in [0.5, 0.6) is 0 Å². The molecule has 0 bridgehead atoms. The van der Waals surface area contributed by atoms with E-state index in [1.807, 2.05) is 36.7 Å². The van der Waals surface area contributed by atoms with Crippen LogP contribution in [0.1, 0.15) is 46.1 Å². The van der Waals surface area contributed by atoms with Crippen molar-refractivity contribution in [1.29, 1.82) is 0 Å². The summed E-state index contributed by atoms with van der Waals surface area (Å²) >= 11 is 0. The predicted molar refractivity (Wildman–Crippen MR) is 135 cm³/mol. The number of ether oxygens (including phenoxy) is 1. The van der Waals surface area contributed by atoms with Crippen molar-refractivity contribution in [2.24, 2.45) is 0 Å². The van der Waals surface area contributed by atoms with Crippen LogP contribution in [0, 0.1) is 5.82 Å². The van der Waals surface area contributed by atoms with Gasteiger partial charge < -0.3 is 20.3 Å². The van der Waals surface area contributed by atoms with Crippen LogP contribution in [-0.4, -0.2) is 45.9 Å². The van der Waals surface area contributed by atoms with Crippen molar-refractivity contribution in [3.05, 3.63) is 77.0 Å². The van der Waals surface area contributed by atoms with Crippen molar-refractivity contribution in [3.63, 3.8) is 0 Å². The molecule has 3 aromatic heterocycles. The third-order valence-electron chi connectivity index (χ3n) is 6.66. The molecule has 1 amide bonds. The van der Waals surface area contributed by atoms with Gasteiger partial charge in [-0.15, -0.1) is 0 Å². The minimum absolute atomic E-state index is 0.0610. The number of imidazole rings is 1. The Balaban J connectivity index is 1.40. The molecule has 1 saturated heterocycles. The topological polar surface area (TPSA) is 83.8 Å². The second kappa shape index (κ2) is 9.00. The Morgan fingerprint density at radius 3 is 2.94 bits per heavy atom. The molecule has 5 heterocycles. The molecule has 6 rings (SSSR count). The molecule has 9 heteroatoms. The van der Waals surface area contributed by atoms with E-state index in [4.69, 9.17) is 9.72 Å². The minimum atomic E-state index is -0.340. The molecular formula is C27H27FN6O2. The number of hydrogen-bond acceptors (Lipinski definition) is 6. The maximum absolute atomic E-state index is 13.7. The fraction of sp³-hybridized carbons (Fsp3) is 0.296. The van der Waals surface area contributed by atoms with E-state index in [2.05, 4.69) is 26.6 Å². The molecule has 0 spiro atoms. The number of benzene rings is 1. The molecule has 2 aliphatic heterocycles. The van der Waals surface area contributed by atoms with Gasteiger partial charge in [0.1, 0.15) is 17.3 Å². The summed E-state index contributed by atoms with van der Waals surface area (Å²) in [6.07, 6.45) is 5.46. The lowest BCUT2D eigenvalue weighted by Gasteiger charge is -2.18. The molecule has 0 radical (unpaired) electrons. The number of anilines is 2. The fourth-order valence-corrected chi connectivity index (χ4v) is 5.09. The van der Waals surface area contributed by atoms with E-state index in [0.29, 0.717) is 35.8 Å². The quantitative estimate of drug-likeness (QED) is 0.419. The minimum Gasteiger partial charge on any atom is -0.374 e. The Bertz CT molecular complexity index is 1470. The summed E-state index contributed by atoms with van der Waals surface area (Å²) in [7, 11) is 4.02. The van der Waals surface area contributed by atoms with Gasteiger partial charge in [0.2, 0.25) is 0 Å². The molecule has 1 fully saturated rings. The molecule has 0 saturated carbocycles. The Hall–Kier alpha value is -3.82. The molecule has 36 heavy (non-hydrogen) atoms. The van der Waals surface area contributed by atoms with Gasteiger partial charge in [0.25, 0.3) is 5.91 Å². The van der Waals surface area contributed by atoms with E-state index < -0.39 is 0 Å². The molecule has 2 aliphatic rings. The zero-order valence-electron chi connectivity index (χ0n) is 20.2. The molecule has 8 nitrogen and oxygen atoms in total. The van der Waals surface area contributed by atoms with Crippen LogP contribution >= 0.6 is 0 Å². The summed E-state index contributed by atoms with van der Waals surface area (Å²) in [5.74, 6) is 0.199. The first-order valence-electron chi connectivity index (χ1n) is 12.1. The van der Waals surface area contributed by atoms with E-state index in [-0.39, 0.29) is 17.8 Å². The number of nitrogens with zero attached hydrogens (tertiary/aromatic N) is 4. The second-order valence-corrected chi connectivity index (χ2v) is 9.56. The van der Waals surface area contributed by atoms with Gasteiger partial charge in [0.15, 0.2) is 0 Å². The van der Waals surface area contributed by atoms with E-state index in [9.17, 15) is 9.18 Å². The second-order valence-electron chi connectivity index (χ2n) is 9.56. The van der Waals surface area contributed by atoms with Crippen molar-refractivity contribution >= 4 is 23.1 Å². The number of hydrogen-bond donors (Lipinski definition) is 2. The highest BCUT2D eigenvalue weighted by atomic mass is 19.1. The van der Waals surface area contributed by atoms with Gasteiger partial charge in [0, 0.05) is 37.5 Å². The number of halogens is 1. The average Bonchev–Trinajstić information content (AvgIpc) is 3.59. The van der Waals surface area contributed by atoms with E-state index in [1.165, 1.54) is 12.1 Å². The predicted octanol–water partition coefficient (Wildman–Crippen LogP) is 4.44. The largest absolute Gasteiger partial charge is 0.374 e. The van der Waals surface area contributed by atoms with Gasteiger partial charge in [-0.1, -0.05) is 6.07 Å². The Kier molecular flexibility index (Phi) is 5.66. The van der Waals surface area contributed by atoms with Crippen LogP contribution in [0.4, 0.5) is 15.9 Å². The maximum atomic E-state index is 13.7. The molecule has 1 atom stereocenters. The number of amides is 1. The molecule has 184 valence electrons. The molecule has 4 aromatic rings. The number of carbonyl (C=O) groups excluding carboxylic acids is 1. The smallest absolute Gasteiger partial charge is 0.254 e. The number of rotatable bonds is 6. The number of nitrogens with one attached hydrogen (secondary N) is 2. The van der Waals surface area contributed by atoms with Gasteiger partial charge in [-0.05, 0) is 62.3 Å². The van der Waals surface area contributed by atoms with E-state index >= 15 is 0 Å². The first kappa shape index (κ1) is 22.6. The number of fused-ring (bicyclic) bond motifs is 2. The van der Waals surface area contributed by atoms with Gasteiger partial charge in [-0.3, -0.25) is 9.20 Å². The van der Waals surface area contributed by atoms with Crippen LogP contribution in [0.2, 0.25) is 0 Å². The Morgan fingerprint density at radius 1 is 1.25 bits per heavy atom. The monoisotopic (exact) mass is 486 g/mol. The number of carbonyl (C=O) groups is 1. The third-order valence-corrected chi connectivity index (χ3v) is 6.66. The summed E-state index contributed by atoms with van der Waals surface area (Å²) in [5, 5.41) is 6.36. The summed E-state index contributed by atoms with van der Waals surface area (Å²) in [6.45, 7) is 1.87. The lowest BCUT2D eigenvalue weighted by Crippen LogP contribution is -2.15. The highest BCUT2D eigenvalue weighted by Gasteiger charge is 2.28. The van der Waals surface area contributed by atoms with Gasteiger partial charge in [0.05, 0.1) is 34.9 Å². The highest BCUT2D eigenvalue weighted by molar-refractivity contribution is 6.06.